The number of rotatable bonds is 0. The maximum absolute atomic E-state index is 8.55. The highest BCUT2D eigenvalue weighted by Gasteiger charge is 1.96. The normalized spacial score (nSPS) is 9.73. The molecule has 0 fully saturated rings. The average molecular weight is 160 g/mol. The van der Waals surface area contributed by atoms with E-state index in [0.29, 0.717) is 5.56 Å². The van der Waals surface area contributed by atoms with Crippen molar-refractivity contribution in [2.24, 2.45) is 0 Å². The van der Waals surface area contributed by atoms with Crippen LogP contribution in [0.25, 0.3) is 10.2 Å². The fraction of sp³-hybridized carbons (Fsp3) is 0. The van der Waals surface area contributed by atoms with Crippen molar-refractivity contribution in [1.29, 1.82) is 5.26 Å². The van der Waals surface area contributed by atoms with Crippen LogP contribution >= 0.6 is 11.3 Å². The van der Waals surface area contributed by atoms with Gasteiger partial charge in [0.25, 0.3) is 0 Å². The number of thiophene rings is 1. The van der Waals surface area contributed by atoms with Gasteiger partial charge in [-0.1, -0.05) is 0 Å². The summed E-state index contributed by atoms with van der Waals surface area (Å²) in [5, 5.41) is 10.5. The van der Waals surface area contributed by atoms with E-state index in [1.54, 1.807) is 17.5 Å². The van der Waals surface area contributed by atoms with Gasteiger partial charge in [0.2, 0.25) is 0 Å². The largest absolute Gasteiger partial charge is 0.254 e. The first-order chi connectivity index (χ1) is 5.40. The van der Waals surface area contributed by atoms with Crippen LogP contribution in [0.2, 0.25) is 0 Å². The van der Waals surface area contributed by atoms with Gasteiger partial charge in [0.1, 0.15) is 6.07 Å². The van der Waals surface area contributed by atoms with Gasteiger partial charge in [0.05, 0.1) is 15.8 Å². The number of nitriles is 1. The van der Waals surface area contributed by atoms with Crippen LogP contribution in [-0.4, -0.2) is 4.98 Å². The SMILES string of the molecule is N#Cc1cnc2ccsc2c1. The molecule has 52 valence electrons. The van der Waals surface area contributed by atoms with Crippen LogP contribution in [0.4, 0.5) is 0 Å². The predicted molar refractivity (Wildman–Crippen MR) is 44.3 cm³/mol. The lowest BCUT2D eigenvalue weighted by atomic mass is 10.3. The van der Waals surface area contributed by atoms with Gasteiger partial charge in [0.15, 0.2) is 0 Å². The van der Waals surface area contributed by atoms with Crippen molar-refractivity contribution < 1.29 is 0 Å². The molecule has 0 unspecified atom stereocenters. The Morgan fingerprint density at radius 2 is 2.45 bits per heavy atom. The first-order valence-electron chi connectivity index (χ1n) is 3.13. The summed E-state index contributed by atoms with van der Waals surface area (Å²) in [4.78, 5) is 4.10. The summed E-state index contributed by atoms with van der Waals surface area (Å²) < 4.78 is 1.07. The van der Waals surface area contributed by atoms with Crippen molar-refractivity contribution in [3.8, 4) is 6.07 Å². The monoisotopic (exact) mass is 160 g/mol. The minimum Gasteiger partial charge on any atom is -0.254 e. The summed E-state index contributed by atoms with van der Waals surface area (Å²) in [5.41, 5.74) is 1.59. The van der Waals surface area contributed by atoms with Crippen LogP contribution in [0, 0.1) is 11.3 Å². The highest BCUT2D eigenvalue weighted by atomic mass is 32.1. The van der Waals surface area contributed by atoms with Gasteiger partial charge in [0, 0.05) is 6.20 Å². The summed E-state index contributed by atoms with van der Waals surface area (Å²) in [6.45, 7) is 0. The summed E-state index contributed by atoms with van der Waals surface area (Å²) >= 11 is 1.60. The number of pyridine rings is 1. The van der Waals surface area contributed by atoms with E-state index >= 15 is 0 Å². The van der Waals surface area contributed by atoms with Gasteiger partial charge in [-0.3, -0.25) is 4.98 Å². The molecular weight excluding hydrogens is 156 g/mol. The standard InChI is InChI=1S/C8H4N2S/c9-4-6-3-8-7(10-5-6)1-2-11-8/h1-3,5H. The molecule has 0 spiro atoms. The van der Waals surface area contributed by atoms with E-state index in [9.17, 15) is 0 Å². The zero-order valence-electron chi connectivity index (χ0n) is 5.61. The Bertz CT molecular complexity index is 425. The molecule has 0 bridgehead atoms. The summed E-state index contributed by atoms with van der Waals surface area (Å²) in [7, 11) is 0. The van der Waals surface area contributed by atoms with E-state index in [2.05, 4.69) is 11.1 Å². The Kier molecular flexibility index (Phi) is 1.34. The van der Waals surface area contributed by atoms with Crippen molar-refractivity contribution in [1.82, 2.24) is 4.98 Å². The summed E-state index contributed by atoms with van der Waals surface area (Å²) in [6, 6.07) is 5.85. The molecule has 0 aliphatic carbocycles. The van der Waals surface area contributed by atoms with Crippen LogP contribution in [0.1, 0.15) is 5.56 Å². The van der Waals surface area contributed by atoms with Crippen molar-refractivity contribution in [3.63, 3.8) is 0 Å². The highest BCUT2D eigenvalue weighted by Crippen LogP contribution is 2.18. The molecule has 11 heavy (non-hydrogen) atoms. The second-order valence-corrected chi connectivity index (χ2v) is 3.09. The maximum atomic E-state index is 8.55. The minimum atomic E-state index is 0.625. The maximum Gasteiger partial charge on any atom is 0.101 e. The van der Waals surface area contributed by atoms with Gasteiger partial charge in [-0.2, -0.15) is 5.26 Å². The van der Waals surface area contributed by atoms with Crippen LogP contribution < -0.4 is 0 Å². The lowest BCUT2D eigenvalue weighted by Gasteiger charge is -1.87. The molecule has 2 heterocycles. The molecule has 2 nitrogen and oxygen atoms in total. The molecule has 0 N–H and O–H groups in total. The van der Waals surface area contributed by atoms with Gasteiger partial charge in [-0.05, 0) is 17.5 Å². The fourth-order valence-electron chi connectivity index (χ4n) is 0.908. The van der Waals surface area contributed by atoms with E-state index in [1.165, 1.54) is 0 Å². The minimum absolute atomic E-state index is 0.625. The smallest absolute Gasteiger partial charge is 0.101 e. The van der Waals surface area contributed by atoms with Gasteiger partial charge in [-0.25, -0.2) is 0 Å². The molecule has 0 radical (unpaired) electrons. The van der Waals surface area contributed by atoms with Crippen LogP contribution in [-0.2, 0) is 0 Å². The molecule has 2 aromatic heterocycles. The fourth-order valence-corrected chi connectivity index (χ4v) is 1.69. The number of hydrogen-bond acceptors (Lipinski definition) is 3. The van der Waals surface area contributed by atoms with Gasteiger partial charge in [-0.15, -0.1) is 11.3 Å². The third-order valence-electron chi connectivity index (χ3n) is 1.43. The zero-order valence-corrected chi connectivity index (χ0v) is 6.43. The molecular formula is C8H4N2S. The second-order valence-electron chi connectivity index (χ2n) is 2.14. The zero-order chi connectivity index (χ0) is 7.68. The lowest BCUT2D eigenvalue weighted by molar-refractivity contribution is 1.38. The molecule has 0 aromatic carbocycles. The van der Waals surface area contributed by atoms with E-state index in [4.69, 9.17) is 5.26 Å². The van der Waals surface area contributed by atoms with Crippen molar-refractivity contribution >= 4 is 21.6 Å². The van der Waals surface area contributed by atoms with E-state index in [-0.39, 0.29) is 0 Å². The second kappa shape index (κ2) is 2.33. The van der Waals surface area contributed by atoms with Crippen LogP contribution in [0.15, 0.2) is 23.7 Å². The lowest BCUT2D eigenvalue weighted by Crippen LogP contribution is -1.75. The molecule has 0 aliphatic rings. The third-order valence-corrected chi connectivity index (χ3v) is 2.28. The van der Waals surface area contributed by atoms with E-state index in [0.717, 1.165) is 10.2 Å². The first kappa shape index (κ1) is 6.32. The van der Waals surface area contributed by atoms with E-state index in [1.807, 2.05) is 17.5 Å². The first-order valence-corrected chi connectivity index (χ1v) is 4.01. The molecule has 0 amide bonds. The third kappa shape index (κ3) is 0.975. The summed E-state index contributed by atoms with van der Waals surface area (Å²) in [6.07, 6.45) is 1.59. The van der Waals surface area contributed by atoms with Crippen molar-refractivity contribution in [2.45, 2.75) is 0 Å². The predicted octanol–water partition coefficient (Wildman–Crippen LogP) is 2.17. The molecule has 0 saturated heterocycles. The number of hydrogen-bond donors (Lipinski definition) is 0. The highest BCUT2D eigenvalue weighted by molar-refractivity contribution is 7.17. The molecule has 2 aromatic rings. The van der Waals surface area contributed by atoms with Gasteiger partial charge < -0.3 is 0 Å². The molecule has 0 atom stereocenters. The number of aromatic nitrogens is 1. The molecule has 0 saturated carbocycles. The van der Waals surface area contributed by atoms with Crippen molar-refractivity contribution in [2.75, 3.05) is 0 Å². The molecule has 2 rings (SSSR count). The Hall–Kier alpha value is -1.40. The number of fused-ring (bicyclic) bond motifs is 1. The Labute approximate surface area is 67.7 Å². The van der Waals surface area contributed by atoms with Gasteiger partial charge >= 0.3 is 0 Å². The molecule has 3 heteroatoms. The van der Waals surface area contributed by atoms with Crippen LogP contribution in [0.3, 0.4) is 0 Å². The van der Waals surface area contributed by atoms with Crippen LogP contribution in [0.5, 0.6) is 0 Å². The van der Waals surface area contributed by atoms with Crippen molar-refractivity contribution in [3.05, 3.63) is 29.3 Å². The molecule has 0 aliphatic heterocycles. The number of nitrogens with zero attached hydrogens (tertiary/aromatic N) is 2. The average Bonchev–Trinajstić information content (AvgIpc) is 2.50. The Balaban J connectivity index is 2.79. The van der Waals surface area contributed by atoms with E-state index < -0.39 is 0 Å². The Morgan fingerprint density at radius 3 is 3.27 bits per heavy atom. The quantitative estimate of drug-likeness (QED) is 0.592. The topological polar surface area (TPSA) is 36.7 Å². The summed E-state index contributed by atoms with van der Waals surface area (Å²) in [5.74, 6) is 0. The Morgan fingerprint density at radius 1 is 1.55 bits per heavy atom.